The molecule has 0 bridgehead atoms. The molecule has 2 aromatic heterocycles. The lowest BCUT2D eigenvalue weighted by Crippen LogP contribution is -2.53. The van der Waals surface area contributed by atoms with Gasteiger partial charge in [0, 0.05) is 60.4 Å². The van der Waals surface area contributed by atoms with Crippen LogP contribution in [0, 0.1) is 5.92 Å². The first kappa shape index (κ1) is 35.3. The Morgan fingerprint density at radius 1 is 1.12 bits per heavy atom. The van der Waals surface area contributed by atoms with Gasteiger partial charge < -0.3 is 24.6 Å². The first-order chi connectivity index (χ1) is 24.1. The first-order valence-electron chi connectivity index (χ1n) is 16.5. The van der Waals surface area contributed by atoms with Crippen LogP contribution in [-0.4, -0.2) is 69.8 Å². The summed E-state index contributed by atoms with van der Waals surface area (Å²) >= 11 is 8.17. The Morgan fingerprint density at radius 2 is 1.88 bits per heavy atom. The van der Waals surface area contributed by atoms with Crippen LogP contribution in [0.3, 0.4) is 0 Å². The highest BCUT2D eigenvalue weighted by Crippen LogP contribution is 2.55. The van der Waals surface area contributed by atoms with Crippen molar-refractivity contribution >= 4 is 46.5 Å². The van der Waals surface area contributed by atoms with E-state index >= 15 is 0 Å². The Balaban J connectivity index is 1.24. The number of amides is 1. The van der Waals surface area contributed by atoms with Crippen molar-refractivity contribution in [2.24, 2.45) is 5.92 Å². The minimum absolute atomic E-state index is 0.00998. The molecule has 0 saturated carbocycles. The summed E-state index contributed by atoms with van der Waals surface area (Å²) < 4.78 is 19.2. The molecule has 262 valence electrons. The van der Waals surface area contributed by atoms with Gasteiger partial charge in [-0.1, -0.05) is 43.1 Å². The lowest BCUT2D eigenvalue weighted by atomic mass is 9.69. The standard InChI is InChI=1S/C37H39ClN4O7S/c1-21-18-25(43)31(35(45)37(21)36(46)32-26(47-2)20-27(48-3)33(38)34(32)49-37)24(22-12-14-23(50-4)15-13-22)19-30(44)39-16-8-5-6-10-28-40-41-29-11-7-9-17-42(28)29/h7,9,11-15,17,20-21,24,45H,5-6,8,10,16,18-19H2,1-4H3,(H,39,44)/t21-,24?,37+/m1/s1. The molecular weight excluding hydrogens is 680 g/mol. The molecule has 2 aliphatic rings. The fourth-order valence-electron chi connectivity index (χ4n) is 6.89. The normalized spacial score (nSPS) is 19.1. The van der Waals surface area contributed by atoms with Crippen LogP contribution in [0.25, 0.3) is 5.65 Å². The number of unbranched alkanes of at least 4 members (excludes halogenated alkanes) is 2. The number of benzene rings is 2. The molecule has 2 aromatic carbocycles. The minimum Gasteiger partial charge on any atom is -0.507 e. The van der Waals surface area contributed by atoms with Gasteiger partial charge in [-0.2, -0.15) is 0 Å². The number of aryl methyl sites for hydroxylation is 1. The number of ether oxygens (including phenoxy) is 3. The monoisotopic (exact) mass is 718 g/mol. The number of Topliss-reactive ketones (excluding diaryl/α,β-unsaturated/α-hetero) is 2. The smallest absolute Gasteiger partial charge is 0.231 e. The van der Waals surface area contributed by atoms with Crippen LogP contribution >= 0.6 is 23.4 Å². The molecule has 1 aliphatic carbocycles. The molecule has 0 saturated heterocycles. The minimum atomic E-state index is -1.95. The second-order valence-electron chi connectivity index (χ2n) is 12.5. The summed E-state index contributed by atoms with van der Waals surface area (Å²) in [6.07, 6.45) is 6.92. The predicted octanol–water partition coefficient (Wildman–Crippen LogP) is 6.56. The maximum absolute atomic E-state index is 14.3. The summed E-state index contributed by atoms with van der Waals surface area (Å²) in [6, 6.07) is 14.7. The number of hydrogen-bond acceptors (Lipinski definition) is 10. The molecule has 3 heterocycles. The van der Waals surface area contributed by atoms with E-state index in [1.165, 1.54) is 20.3 Å². The Kier molecular flexibility index (Phi) is 10.4. The lowest BCUT2D eigenvalue weighted by Gasteiger charge is -2.38. The number of carbonyl (C=O) groups excluding carboxylic acids is 3. The molecule has 2 N–H and O–H groups in total. The third-order valence-electron chi connectivity index (χ3n) is 9.55. The van der Waals surface area contributed by atoms with Gasteiger partial charge in [-0.25, -0.2) is 0 Å². The van der Waals surface area contributed by atoms with Crippen molar-refractivity contribution in [3.63, 3.8) is 0 Å². The largest absolute Gasteiger partial charge is 0.507 e. The number of pyridine rings is 1. The highest BCUT2D eigenvalue weighted by atomic mass is 35.5. The Bertz CT molecular complexity index is 1980. The highest BCUT2D eigenvalue weighted by Gasteiger charge is 2.61. The van der Waals surface area contributed by atoms with Crippen molar-refractivity contribution < 1.29 is 33.7 Å². The zero-order valence-electron chi connectivity index (χ0n) is 28.3. The quantitative estimate of drug-likeness (QED) is 0.115. The lowest BCUT2D eigenvalue weighted by molar-refractivity contribution is -0.121. The van der Waals surface area contributed by atoms with Crippen LogP contribution in [-0.2, 0) is 16.0 Å². The van der Waals surface area contributed by atoms with Gasteiger partial charge in [0.15, 0.2) is 22.9 Å². The van der Waals surface area contributed by atoms with Crippen molar-refractivity contribution in [3.8, 4) is 17.2 Å². The van der Waals surface area contributed by atoms with E-state index in [4.69, 9.17) is 25.8 Å². The molecule has 11 nitrogen and oxygen atoms in total. The molecule has 1 aliphatic heterocycles. The number of halogens is 1. The summed E-state index contributed by atoms with van der Waals surface area (Å²) in [5, 5.41) is 23.6. The second-order valence-corrected chi connectivity index (χ2v) is 13.7. The summed E-state index contributed by atoms with van der Waals surface area (Å²) in [5.74, 6) is -2.06. The van der Waals surface area contributed by atoms with E-state index in [-0.39, 0.29) is 57.9 Å². The van der Waals surface area contributed by atoms with E-state index in [9.17, 15) is 19.5 Å². The molecule has 1 spiro atoms. The Morgan fingerprint density at radius 3 is 2.60 bits per heavy atom. The van der Waals surface area contributed by atoms with Gasteiger partial charge in [0.1, 0.15) is 27.9 Å². The average molecular weight is 719 g/mol. The number of carbonyl (C=O) groups is 3. The molecule has 6 rings (SSSR count). The number of aliphatic hydroxyl groups excluding tert-OH is 1. The van der Waals surface area contributed by atoms with Crippen molar-refractivity contribution in [1.82, 2.24) is 19.9 Å². The number of aliphatic hydroxyl groups is 1. The summed E-state index contributed by atoms with van der Waals surface area (Å²) in [5.41, 5.74) is -0.459. The highest BCUT2D eigenvalue weighted by molar-refractivity contribution is 7.98. The van der Waals surface area contributed by atoms with Crippen LogP contribution in [0.15, 0.2) is 71.0 Å². The molecule has 0 fully saturated rings. The van der Waals surface area contributed by atoms with Gasteiger partial charge in [0.2, 0.25) is 17.3 Å². The number of thioether (sulfide) groups is 1. The molecule has 1 amide bonds. The number of allylic oxidation sites excluding steroid dienone is 1. The molecular formula is C37H39ClN4O7S. The van der Waals surface area contributed by atoms with Gasteiger partial charge in [-0.3, -0.25) is 18.8 Å². The number of hydrogen-bond donors (Lipinski definition) is 2. The van der Waals surface area contributed by atoms with Crippen LogP contribution in [0.5, 0.6) is 17.2 Å². The summed E-state index contributed by atoms with van der Waals surface area (Å²) in [4.78, 5) is 42.7. The van der Waals surface area contributed by atoms with E-state index in [0.717, 1.165) is 42.1 Å². The fraction of sp³-hybridized carbons (Fsp3) is 0.378. The van der Waals surface area contributed by atoms with Gasteiger partial charge in [0.05, 0.1) is 14.2 Å². The predicted molar refractivity (Wildman–Crippen MR) is 190 cm³/mol. The van der Waals surface area contributed by atoms with E-state index in [2.05, 4.69) is 15.5 Å². The van der Waals surface area contributed by atoms with Gasteiger partial charge in [0.25, 0.3) is 0 Å². The zero-order valence-corrected chi connectivity index (χ0v) is 29.9. The zero-order chi connectivity index (χ0) is 35.6. The Labute approximate surface area is 299 Å². The number of aromatic nitrogens is 3. The molecule has 3 atom stereocenters. The SMILES string of the molecule is COc1cc(OC)c2c(c1Cl)O[C@]1(C2=O)C(O)=C(C(CC(=O)NCCCCCc2nnc3ccccn23)c2ccc(SC)cc2)C(=O)C[C@H]1C. The second kappa shape index (κ2) is 14.7. The topological polar surface area (TPSA) is 141 Å². The van der Waals surface area contributed by atoms with Gasteiger partial charge >= 0.3 is 0 Å². The van der Waals surface area contributed by atoms with Gasteiger partial charge in [-0.15, -0.1) is 22.0 Å². The number of rotatable bonds is 13. The van der Waals surface area contributed by atoms with E-state index < -0.39 is 29.0 Å². The third-order valence-corrected chi connectivity index (χ3v) is 10.7. The van der Waals surface area contributed by atoms with E-state index in [1.807, 2.05) is 59.3 Å². The molecule has 1 unspecified atom stereocenters. The number of methoxy groups -OCH3 is 2. The summed E-state index contributed by atoms with van der Waals surface area (Å²) in [7, 11) is 2.83. The number of ketones is 2. The van der Waals surface area contributed by atoms with Crippen molar-refractivity contribution in [2.45, 2.75) is 61.9 Å². The Hall–Kier alpha value is -4.55. The van der Waals surface area contributed by atoms with Gasteiger partial charge in [-0.05, 0) is 48.9 Å². The average Bonchev–Trinajstić information content (AvgIpc) is 3.68. The number of fused-ring (bicyclic) bond motifs is 2. The van der Waals surface area contributed by atoms with Crippen LogP contribution in [0.2, 0.25) is 5.02 Å². The molecule has 0 radical (unpaired) electrons. The van der Waals surface area contributed by atoms with Crippen LogP contribution in [0.4, 0.5) is 0 Å². The molecule has 13 heteroatoms. The number of nitrogens with one attached hydrogen (secondary N) is 1. The van der Waals surface area contributed by atoms with Crippen molar-refractivity contribution in [2.75, 3.05) is 27.0 Å². The van der Waals surface area contributed by atoms with Crippen molar-refractivity contribution in [1.29, 1.82) is 0 Å². The van der Waals surface area contributed by atoms with Crippen molar-refractivity contribution in [3.05, 3.63) is 88.0 Å². The fourth-order valence-corrected chi connectivity index (χ4v) is 7.57. The molecule has 4 aromatic rings. The van der Waals surface area contributed by atoms with E-state index in [0.29, 0.717) is 12.1 Å². The van der Waals surface area contributed by atoms with Crippen LogP contribution in [0.1, 0.15) is 66.7 Å². The maximum atomic E-state index is 14.3. The maximum Gasteiger partial charge on any atom is 0.231 e. The third kappa shape index (κ3) is 6.30. The number of nitrogens with zero attached hydrogens (tertiary/aromatic N) is 3. The van der Waals surface area contributed by atoms with E-state index in [1.54, 1.807) is 18.7 Å². The molecule has 50 heavy (non-hydrogen) atoms. The summed E-state index contributed by atoms with van der Waals surface area (Å²) in [6.45, 7) is 2.11. The first-order valence-corrected chi connectivity index (χ1v) is 18.1. The van der Waals surface area contributed by atoms with Crippen LogP contribution < -0.4 is 19.5 Å².